The molecule has 0 aromatic carbocycles. The topological polar surface area (TPSA) is 81.3 Å². The van der Waals surface area contributed by atoms with Crippen molar-refractivity contribution in [2.24, 2.45) is 0 Å². The van der Waals surface area contributed by atoms with Gasteiger partial charge in [0.1, 0.15) is 11.9 Å². The molecular weight excluding hydrogens is 318 g/mol. The number of aromatic nitrogens is 3. The smallest absolute Gasteiger partial charge is 0.324 e. The molecule has 4 heterocycles. The predicted molar refractivity (Wildman–Crippen MR) is 92.4 cm³/mol. The summed E-state index contributed by atoms with van der Waals surface area (Å²) in [5.41, 5.74) is 1.43. The number of nitrogens with zero attached hydrogens (tertiary/aromatic N) is 7. The monoisotopic (exact) mass is 337 g/mol. The maximum atomic E-state index is 12.1. The number of amides is 2. The molecule has 0 radical (unpaired) electrons. The third-order valence-corrected chi connectivity index (χ3v) is 4.86. The van der Waals surface area contributed by atoms with Crippen molar-refractivity contribution in [2.75, 3.05) is 43.0 Å². The van der Waals surface area contributed by atoms with Gasteiger partial charge in [0.15, 0.2) is 0 Å². The standard InChI is InChI=1S/C17H19N7O/c1-21-7-8-23(17(21)25)15-10-20-24(12-15)14-4-6-22(11-14)16-13(9-18)3-2-5-19-16/h2-3,5,10,12,14H,4,6-8,11H2,1H3. The number of anilines is 2. The van der Waals surface area contributed by atoms with E-state index in [1.165, 1.54) is 0 Å². The van der Waals surface area contributed by atoms with Gasteiger partial charge in [0, 0.05) is 45.6 Å². The molecule has 0 saturated carbocycles. The van der Waals surface area contributed by atoms with E-state index in [-0.39, 0.29) is 12.1 Å². The van der Waals surface area contributed by atoms with Crippen molar-refractivity contribution in [1.29, 1.82) is 5.26 Å². The number of pyridine rings is 1. The molecule has 1 atom stereocenters. The van der Waals surface area contributed by atoms with E-state index in [4.69, 9.17) is 0 Å². The molecule has 128 valence electrons. The number of carbonyl (C=O) groups excluding carboxylic acids is 1. The van der Waals surface area contributed by atoms with Gasteiger partial charge in [-0.25, -0.2) is 9.78 Å². The lowest BCUT2D eigenvalue weighted by molar-refractivity contribution is 0.229. The van der Waals surface area contributed by atoms with Crippen LogP contribution in [-0.2, 0) is 0 Å². The SMILES string of the molecule is CN1CCN(c2cnn(C3CCN(c4ncccc4C#N)C3)c2)C1=O. The lowest BCUT2D eigenvalue weighted by atomic mass is 10.2. The summed E-state index contributed by atoms with van der Waals surface area (Å²) < 4.78 is 1.93. The summed E-state index contributed by atoms with van der Waals surface area (Å²) in [4.78, 5) is 22.1. The van der Waals surface area contributed by atoms with Gasteiger partial charge in [-0.3, -0.25) is 9.58 Å². The first-order valence-corrected chi connectivity index (χ1v) is 8.34. The maximum Gasteiger partial charge on any atom is 0.324 e. The highest BCUT2D eigenvalue weighted by atomic mass is 16.2. The molecule has 8 nitrogen and oxygen atoms in total. The van der Waals surface area contributed by atoms with Gasteiger partial charge < -0.3 is 9.80 Å². The highest BCUT2D eigenvalue weighted by Crippen LogP contribution is 2.29. The number of hydrogen-bond acceptors (Lipinski definition) is 5. The molecule has 2 aromatic heterocycles. The number of likely N-dealkylation sites (N-methyl/N-ethyl adjacent to an activating group) is 1. The van der Waals surface area contributed by atoms with Gasteiger partial charge in [-0.05, 0) is 18.6 Å². The fourth-order valence-corrected chi connectivity index (χ4v) is 3.44. The molecule has 4 rings (SSSR count). The largest absolute Gasteiger partial charge is 0.353 e. The Kier molecular flexibility index (Phi) is 3.76. The van der Waals surface area contributed by atoms with Crippen LogP contribution < -0.4 is 9.80 Å². The van der Waals surface area contributed by atoms with Crippen molar-refractivity contribution >= 4 is 17.5 Å². The second kappa shape index (κ2) is 6.09. The van der Waals surface area contributed by atoms with Crippen molar-refractivity contribution in [3.05, 3.63) is 36.3 Å². The zero-order valence-corrected chi connectivity index (χ0v) is 14.0. The van der Waals surface area contributed by atoms with Crippen LogP contribution in [0.2, 0.25) is 0 Å². The van der Waals surface area contributed by atoms with E-state index in [1.54, 1.807) is 41.4 Å². The Bertz CT molecular complexity index is 840. The fourth-order valence-electron chi connectivity index (χ4n) is 3.44. The summed E-state index contributed by atoms with van der Waals surface area (Å²) in [6.45, 7) is 3.01. The molecule has 0 N–H and O–H groups in total. The van der Waals surface area contributed by atoms with Crippen molar-refractivity contribution in [2.45, 2.75) is 12.5 Å². The molecule has 0 spiro atoms. The van der Waals surface area contributed by atoms with Crippen LogP contribution in [-0.4, -0.2) is 58.9 Å². The molecule has 2 aromatic rings. The zero-order valence-electron chi connectivity index (χ0n) is 14.0. The molecule has 2 aliphatic heterocycles. The Morgan fingerprint density at radius 1 is 1.32 bits per heavy atom. The van der Waals surface area contributed by atoms with Crippen LogP contribution >= 0.6 is 0 Å². The van der Waals surface area contributed by atoms with Crippen molar-refractivity contribution in [3.8, 4) is 6.07 Å². The molecule has 25 heavy (non-hydrogen) atoms. The zero-order chi connectivity index (χ0) is 17.4. The highest BCUT2D eigenvalue weighted by Gasteiger charge is 2.30. The molecule has 0 bridgehead atoms. The van der Waals surface area contributed by atoms with Crippen molar-refractivity contribution in [1.82, 2.24) is 19.7 Å². The third kappa shape index (κ3) is 2.67. The van der Waals surface area contributed by atoms with E-state index in [1.807, 2.05) is 10.9 Å². The summed E-state index contributed by atoms with van der Waals surface area (Å²) in [6, 6.07) is 5.99. The highest BCUT2D eigenvalue weighted by molar-refractivity contribution is 5.93. The number of carbonyl (C=O) groups is 1. The molecule has 0 aliphatic carbocycles. The first-order valence-electron chi connectivity index (χ1n) is 8.34. The molecule has 2 saturated heterocycles. The van der Waals surface area contributed by atoms with Crippen LogP contribution in [0.5, 0.6) is 0 Å². The van der Waals surface area contributed by atoms with Crippen LogP contribution in [0.1, 0.15) is 18.0 Å². The van der Waals surface area contributed by atoms with E-state index in [0.29, 0.717) is 12.1 Å². The van der Waals surface area contributed by atoms with E-state index in [0.717, 1.165) is 37.6 Å². The Balaban J connectivity index is 1.50. The van der Waals surface area contributed by atoms with Gasteiger partial charge in [-0.2, -0.15) is 10.4 Å². The Morgan fingerprint density at radius 2 is 2.20 bits per heavy atom. The predicted octanol–water partition coefficient (Wildman–Crippen LogP) is 1.47. The summed E-state index contributed by atoms with van der Waals surface area (Å²) in [6.07, 6.45) is 6.33. The molecule has 2 amide bonds. The van der Waals surface area contributed by atoms with Gasteiger partial charge in [0.05, 0.1) is 23.5 Å². The maximum absolute atomic E-state index is 12.1. The van der Waals surface area contributed by atoms with Crippen molar-refractivity contribution in [3.63, 3.8) is 0 Å². The number of rotatable bonds is 3. The first-order chi connectivity index (χ1) is 12.2. The fraction of sp³-hybridized carbons (Fsp3) is 0.412. The van der Waals surface area contributed by atoms with E-state index < -0.39 is 0 Å². The molecule has 2 fully saturated rings. The van der Waals surface area contributed by atoms with Crippen LogP contribution in [0, 0.1) is 11.3 Å². The lowest BCUT2D eigenvalue weighted by Gasteiger charge is -2.18. The Hall–Kier alpha value is -3.08. The summed E-state index contributed by atoms with van der Waals surface area (Å²) in [5, 5.41) is 13.7. The Labute approximate surface area is 145 Å². The number of hydrogen-bond donors (Lipinski definition) is 0. The van der Waals surface area contributed by atoms with E-state index in [9.17, 15) is 10.1 Å². The summed E-state index contributed by atoms with van der Waals surface area (Å²) in [7, 11) is 1.81. The molecule has 8 heteroatoms. The van der Waals surface area contributed by atoms with E-state index >= 15 is 0 Å². The molecule has 2 aliphatic rings. The van der Waals surface area contributed by atoms with Gasteiger partial charge >= 0.3 is 6.03 Å². The van der Waals surface area contributed by atoms with Crippen LogP contribution in [0.15, 0.2) is 30.7 Å². The minimum Gasteiger partial charge on any atom is -0.353 e. The molecular formula is C17H19N7O. The number of urea groups is 1. The second-order valence-electron chi connectivity index (χ2n) is 6.41. The summed E-state index contributed by atoms with van der Waals surface area (Å²) in [5.74, 6) is 0.733. The van der Waals surface area contributed by atoms with Gasteiger partial charge in [0.2, 0.25) is 0 Å². The second-order valence-corrected chi connectivity index (χ2v) is 6.41. The normalized spacial score (nSPS) is 20.4. The Morgan fingerprint density at radius 3 is 2.96 bits per heavy atom. The van der Waals surface area contributed by atoms with Crippen molar-refractivity contribution < 1.29 is 4.79 Å². The minimum atomic E-state index is 0.0137. The summed E-state index contributed by atoms with van der Waals surface area (Å²) >= 11 is 0. The van der Waals surface area contributed by atoms with Crippen LogP contribution in [0.3, 0.4) is 0 Å². The number of nitriles is 1. The average molecular weight is 337 g/mol. The van der Waals surface area contributed by atoms with Gasteiger partial charge in [-0.15, -0.1) is 0 Å². The van der Waals surface area contributed by atoms with Crippen LogP contribution in [0.25, 0.3) is 0 Å². The molecule has 1 unspecified atom stereocenters. The first kappa shape index (κ1) is 15.4. The quantitative estimate of drug-likeness (QED) is 0.847. The average Bonchev–Trinajstić information content (AvgIpc) is 3.36. The van der Waals surface area contributed by atoms with Crippen LogP contribution in [0.4, 0.5) is 16.3 Å². The third-order valence-electron chi connectivity index (χ3n) is 4.86. The minimum absolute atomic E-state index is 0.0137. The van der Waals surface area contributed by atoms with Gasteiger partial charge in [0.25, 0.3) is 0 Å². The van der Waals surface area contributed by atoms with E-state index in [2.05, 4.69) is 21.1 Å². The van der Waals surface area contributed by atoms with Gasteiger partial charge in [-0.1, -0.05) is 0 Å². The lowest BCUT2D eigenvalue weighted by Crippen LogP contribution is -2.28.